The minimum atomic E-state index is -0.853. The molecule has 1 heterocycles. The average molecular weight is 610 g/mol. The lowest BCUT2D eigenvalue weighted by Gasteiger charge is -2.42. The van der Waals surface area contributed by atoms with Crippen LogP contribution in [0.15, 0.2) is 47.5 Å². The zero-order valence-corrected chi connectivity index (χ0v) is 27.8. The number of hydrogen-bond donors (Lipinski definition) is 0. The number of benzene rings is 2. The zero-order valence-electron chi connectivity index (χ0n) is 27.8. The van der Waals surface area contributed by atoms with E-state index < -0.39 is 23.4 Å². The zero-order chi connectivity index (χ0) is 32.8. The van der Waals surface area contributed by atoms with E-state index in [1.165, 1.54) is 25.8 Å². The summed E-state index contributed by atoms with van der Waals surface area (Å²) in [4.78, 5) is 49.5. The molecule has 4 amide bonds. The molecular formula is C33H47N5O6. The highest BCUT2D eigenvalue weighted by Crippen LogP contribution is 2.21. The molecule has 2 aromatic rings. The SMILES string of the molecule is COc1ccc(CCc2ccc(CN(C(=O)OC(C)(C)C)C(=NC(=O)OC(C)(C)C)N3CN(C)C(=O)N(C)C3)cc2C)cc1. The molecule has 1 aliphatic heterocycles. The van der Waals surface area contributed by atoms with Crippen molar-refractivity contribution in [2.45, 2.75) is 79.1 Å². The minimum Gasteiger partial charge on any atom is -0.497 e. The second-order valence-electron chi connectivity index (χ2n) is 13.1. The van der Waals surface area contributed by atoms with Crippen LogP contribution >= 0.6 is 0 Å². The molecule has 0 atom stereocenters. The number of methoxy groups -OCH3 is 1. The number of carbonyl (C=O) groups excluding carboxylic acids is 3. The van der Waals surface area contributed by atoms with E-state index in [4.69, 9.17) is 14.2 Å². The molecule has 0 radical (unpaired) electrons. The standard InChI is InChI=1S/C33H47N5O6/c1-23-19-25(12-16-26(23)15-11-24-13-17-27(42-10)18-14-24)20-38(31(41)44-33(5,6)7)28(34-29(39)43-32(2,3)4)37-21-35(8)30(40)36(9)22-37/h12-14,16-19H,11,15,20-22H2,1-10H3. The number of guanidine groups is 1. The molecule has 2 aromatic carbocycles. The van der Waals surface area contributed by atoms with Gasteiger partial charge >= 0.3 is 18.2 Å². The molecule has 1 fully saturated rings. The molecule has 0 aliphatic carbocycles. The maximum Gasteiger partial charge on any atom is 0.437 e. The van der Waals surface area contributed by atoms with Crippen molar-refractivity contribution in [1.82, 2.24) is 19.6 Å². The summed E-state index contributed by atoms with van der Waals surface area (Å²) < 4.78 is 16.5. The van der Waals surface area contributed by atoms with Crippen molar-refractivity contribution in [3.8, 4) is 5.75 Å². The van der Waals surface area contributed by atoms with Crippen molar-refractivity contribution in [2.75, 3.05) is 34.5 Å². The average Bonchev–Trinajstić information content (AvgIpc) is 2.91. The quantitative estimate of drug-likeness (QED) is 0.291. The van der Waals surface area contributed by atoms with E-state index in [9.17, 15) is 14.4 Å². The van der Waals surface area contributed by atoms with Gasteiger partial charge in [-0.3, -0.25) is 0 Å². The number of aliphatic imine (C=N–C) groups is 1. The summed E-state index contributed by atoms with van der Waals surface area (Å²) in [5.41, 5.74) is 2.70. The molecule has 0 aromatic heterocycles. The van der Waals surface area contributed by atoms with Gasteiger partial charge in [-0.05, 0) is 95.7 Å². The Bertz CT molecular complexity index is 1350. The van der Waals surface area contributed by atoms with Crippen LogP contribution in [0.3, 0.4) is 0 Å². The normalized spacial score (nSPS) is 14.5. The first-order valence-corrected chi connectivity index (χ1v) is 14.7. The summed E-state index contributed by atoms with van der Waals surface area (Å²) in [5, 5.41) is 0. The molecule has 0 spiro atoms. The van der Waals surface area contributed by atoms with E-state index in [1.54, 1.807) is 67.6 Å². The molecule has 3 rings (SSSR count). The molecule has 44 heavy (non-hydrogen) atoms. The van der Waals surface area contributed by atoms with Crippen LogP contribution in [-0.4, -0.2) is 89.5 Å². The van der Waals surface area contributed by atoms with Gasteiger partial charge in [0.2, 0.25) is 5.96 Å². The number of rotatable bonds is 6. The van der Waals surface area contributed by atoms with Gasteiger partial charge in [0.25, 0.3) is 0 Å². The first-order chi connectivity index (χ1) is 20.5. The fourth-order valence-electron chi connectivity index (χ4n) is 4.69. The topological polar surface area (TPSA) is 104 Å². The summed E-state index contributed by atoms with van der Waals surface area (Å²) in [6.07, 6.45) is 0.187. The largest absolute Gasteiger partial charge is 0.497 e. The number of hydrogen-bond acceptors (Lipinski definition) is 6. The van der Waals surface area contributed by atoms with Crippen LogP contribution in [0.4, 0.5) is 14.4 Å². The highest BCUT2D eigenvalue weighted by atomic mass is 16.6. The van der Waals surface area contributed by atoms with Crippen LogP contribution in [0.2, 0.25) is 0 Å². The highest BCUT2D eigenvalue weighted by Gasteiger charge is 2.35. The lowest BCUT2D eigenvalue weighted by molar-refractivity contribution is 0.0300. The lowest BCUT2D eigenvalue weighted by atomic mass is 9.98. The van der Waals surface area contributed by atoms with E-state index in [0.29, 0.717) is 0 Å². The van der Waals surface area contributed by atoms with Crippen molar-refractivity contribution in [2.24, 2.45) is 4.99 Å². The van der Waals surface area contributed by atoms with Gasteiger partial charge in [-0.25, -0.2) is 19.3 Å². The monoisotopic (exact) mass is 609 g/mol. The molecule has 0 unspecified atom stereocenters. The number of carbonyl (C=O) groups is 3. The van der Waals surface area contributed by atoms with Crippen LogP contribution in [0, 0.1) is 6.92 Å². The summed E-state index contributed by atoms with van der Waals surface area (Å²) in [7, 11) is 4.93. The minimum absolute atomic E-state index is 0.0286. The predicted molar refractivity (Wildman–Crippen MR) is 170 cm³/mol. The van der Waals surface area contributed by atoms with E-state index in [0.717, 1.165) is 29.7 Å². The summed E-state index contributed by atoms with van der Waals surface area (Å²) in [6, 6.07) is 13.9. The van der Waals surface area contributed by atoms with Crippen LogP contribution in [0.5, 0.6) is 5.75 Å². The van der Waals surface area contributed by atoms with Crippen molar-refractivity contribution >= 4 is 24.2 Å². The van der Waals surface area contributed by atoms with Crippen LogP contribution in [0.1, 0.15) is 63.8 Å². The van der Waals surface area contributed by atoms with Gasteiger partial charge in [0.1, 0.15) is 17.0 Å². The lowest BCUT2D eigenvalue weighted by Crippen LogP contribution is -2.60. The first kappa shape index (κ1) is 34.2. The number of ether oxygens (including phenoxy) is 3. The Kier molecular flexibility index (Phi) is 10.9. The molecule has 1 aliphatic rings. The Morgan fingerprint density at radius 1 is 0.864 bits per heavy atom. The first-order valence-electron chi connectivity index (χ1n) is 14.7. The van der Waals surface area contributed by atoms with Gasteiger partial charge in [-0.2, -0.15) is 0 Å². The van der Waals surface area contributed by atoms with Crippen molar-refractivity contribution in [1.29, 1.82) is 0 Å². The fraction of sp³-hybridized carbons (Fsp3) is 0.515. The van der Waals surface area contributed by atoms with Gasteiger partial charge in [0, 0.05) is 14.1 Å². The third-order valence-corrected chi connectivity index (χ3v) is 6.73. The van der Waals surface area contributed by atoms with Gasteiger partial charge in [-0.15, -0.1) is 4.99 Å². The Morgan fingerprint density at radius 2 is 1.43 bits per heavy atom. The molecule has 240 valence electrons. The maximum absolute atomic E-state index is 13.7. The third-order valence-electron chi connectivity index (χ3n) is 6.73. The van der Waals surface area contributed by atoms with Crippen molar-refractivity contribution in [3.63, 3.8) is 0 Å². The van der Waals surface area contributed by atoms with Crippen molar-refractivity contribution < 1.29 is 28.6 Å². The second-order valence-corrected chi connectivity index (χ2v) is 13.1. The van der Waals surface area contributed by atoms with E-state index >= 15 is 0 Å². The van der Waals surface area contributed by atoms with Gasteiger partial charge in [-0.1, -0.05) is 30.3 Å². The number of urea groups is 1. The second kappa shape index (κ2) is 14.0. The maximum atomic E-state index is 13.7. The smallest absolute Gasteiger partial charge is 0.437 e. The molecule has 0 saturated carbocycles. The van der Waals surface area contributed by atoms with Crippen LogP contribution in [-0.2, 0) is 28.9 Å². The summed E-state index contributed by atoms with van der Waals surface area (Å²) in [5.74, 6) is 0.855. The molecule has 1 saturated heterocycles. The van der Waals surface area contributed by atoms with Gasteiger partial charge in [0.05, 0.1) is 27.0 Å². The predicted octanol–water partition coefficient (Wildman–Crippen LogP) is 6.03. The Hall–Kier alpha value is -4.28. The number of amides is 4. The van der Waals surface area contributed by atoms with Crippen molar-refractivity contribution in [3.05, 3.63) is 64.7 Å². The fourth-order valence-corrected chi connectivity index (χ4v) is 4.69. The van der Waals surface area contributed by atoms with Gasteiger partial charge < -0.3 is 28.9 Å². The Labute approximate surface area is 261 Å². The van der Waals surface area contributed by atoms with E-state index in [-0.39, 0.29) is 31.9 Å². The summed E-state index contributed by atoms with van der Waals surface area (Å²) >= 11 is 0. The third kappa shape index (κ3) is 9.89. The Morgan fingerprint density at radius 3 is 1.95 bits per heavy atom. The molecule has 11 nitrogen and oxygen atoms in total. The Balaban J connectivity index is 1.96. The van der Waals surface area contributed by atoms with Crippen LogP contribution < -0.4 is 4.74 Å². The van der Waals surface area contributed by atoms with E-state index in [1.807, 2.05) is 31.2 Å². The molecule has 0 N–H and O–H groups in total. The summed E-state index contributed by atoms with van der Waals surface area (Å²) in [6.45, 7) is 12.9. The molecule has 0 bridgehead atoms. The number of nitrogens with zero attached hydrogens (tertiary/aromatic N) is 5. The van der Waals surface area contributed by atoms with E-state index in [2.05, 4.69) is 23.2 Å². The highest BCUT2D eigenvalue weighted by molar-refractivity contribution is 5.99. The van der Waals surface area contributed by atoms with Crippen LogP contribution in [0.25, 0.3) is 0 Å². The molecule has 11 heteroatoms. The molecular weight excluding hydrogens is 562 g/mol. The van der Waals surface area contributed by atoms with Gasteiger partial charge in [0.15, 0.2) is 0 Å². The number of aryl methyl sites for hydroxylation is 3.